The fraction of sp³-hybridized carbons (Fsp3) is 0.0769. The number of aromatic nitrogens is 1. The zero-order valence-corrected chi connectivity index (χ0v) is 11.8. The third kappa shape index (κ3) is 2.79. The third-order valence-electron chi connectivity index (χ3n) is 2.73. The van der Waals surface area contributed by atoms with E-state index in [9.17, 15) is 9.59 Å². The number of hydrogen-bond donors (Lipinski definition) is 3. The summed E-state index contributed by atoms with van der Waals surface area (Å²) in [6, 6.07) is 5.10. The average molecular weight is 313 g/mol. The molecule has 0 fully saturated rings. The van der Waals surface area contributed by atoms with E-state index >= 15 is 0 Å². The summed E-state index contributed by atoms with van der Waals surface area (Å²) in [6.07, 6.45) is 1.10. The van der Waals surface area contributed by atoms with Crippen LogP contribution in [0, 0.1) is 6.92 Å². The number of aromatic amines is 1. The topological polar surface area (TPSA) is 82.2 Å². The van der Waals surface area contributed by atoms with Crippen molar-refractivity contribution in [3.05, 3.63) is 55.9 Å². The Kier molecular flexibility index (Phi) is 4.01. The number of anilines is 2. The number of aromatic carboxylic acids is 1. The van der Waals surface area contributed by atoms with E-state index in [-0.39, 0.29) is 16.3 Å². The van der Waals surface area contributed by atoms with Crippen LogP contribution in [0.15, 0.2) is 29.2 Å². The van der Waals surface area contributed by atoms with Gasteiger partial charge < -0.3 is 15.4 Å². The molecular weight excluding hydrogens is 303 g/mol. The Morgan fingerprint density at radius 2 is 2.05 bits per heavy atom. The molecule has 0 amide bonds. The molecule has 7 heteroatoms. The maximum atomic E-state index is 11.5. The van der Waals surface area contributed by atoms with Crippen LogP contribution < -0.4 is 10.9 Å². The molecule has 3 N–H and O–H groups in total. The fourth-order valence-corrected chi connectivity index (χ4v) is 2.04. The molecule has 2 rings (SSSR count). The summed E-state index contributed by atoms with van der Waals surface area (Å²) in [6.45, 7) is 1.82. The van der Waals surface area contributed by atoms with E-state index in [4.69, 9.17) is 28.3 Å². The standard InChI is InChI=1S/C13H10Cl2N2O3/c1-6-2-3-7(14)4-9(6)17-11-8(13(19)20)5-16-12(18)10(11)15/h2-5H,1H3,(H,19,20)(H2,16,17,18). The predicted molar refractivity (Wildman–Crippen MR) is 78.5 cm³/mol. The van der Waals surface area contributed by atoms with Gasteiger partial charge in [0.2, 0.25) is 0 Å². The minimum absolute atomic E-state index is 0.0354. The van der Waals surface area contributed by atoms with E-state index < -0.39 is 11.5 Å². The van der Waals surface area contributed by atoms with Crippen molar-refractivity contribution < 1.29 is 9.90 Å². The SMILES string of the molecule is Cc1ccc(Cl)cc1Nc1c(C(=O)O)c[nH]c(=O)c1Cl. The van der Waals surface area contributed by atoms with Crippen LogP contribution >= 0.6 is 23.2 Å². The zero-order chi connectivity index (χ0) is 14.9. The van der Waals surface area contributed by atoms with Crippen LogP contribution in [0.3, 0.4) is 0 Å². The number of nitrogens with one attached hydrogen (secondary N) is 2. The molecule has 1 aromatic carbocycles. The van der Waals surface area contributed by atoms with Gasteiger partial charge in [-0.3, -0.25) is 4.79 Å². The second kappa shape index (κ2) is 5.56. The zero-order valence-electron chi connectivity index (χ0n) is 10.3. The van der Waals surface area contributed by atoms with Crippen LogP contribution in [0.4, 0.5) is 11.4 Å². The summed E-state index contributed by atoms with van der Waals surface area (Å²) in [7, 11) is 0. The largest absolute Gasteiger partial charge is 0.478 e. The number of halogens is 2. The van der Waals surface area contributed by atoms with Crippen LogP contribution in [0.5, 0.6) is 0 Å². The van der Waals surface area contributed by atoms with Gasteiger partial charge >= 0.3 is 5.97 Å². The van der Waals surface area contributed by atoms with Gasteiger partial charge in [-0.1, -0.05) is 29.3 Å². The van der Waals surface area contributed by atoms with E-state index in [0.717, 1.165) is 11.8 Å². The van der Waals surface area contributed by atoms with Crippen molar-refractivity contribution in [2.75, 3.05) is 5.32 Å². The van der Waals surface area contributed by atoms with E-state index in [0.29, 0.717) is 10.7 Å². The average Bonchev–Trinajstić information content (AvgIpc) is 2.39. The van der Waals surface area contributed by atoms with Crippen molar-refractivity contribution in [1.82, 2.24) is 4.98 Å². The van der Waals surface area contributed by atoms with Crippen LogP contribution in [-0.2, 0) is 0 Å². The van der Waals surface area contributed by atoms with Crippen molar-refractivity contribution in [2.45, 2.75) is 6.92 Å². The summed E-state index contributed by atoms with van der Waals surface area (Å²) in [5, 5.41) is 12.3. The van der Waals surface area contributed by atoms with Gasteiger partial charge in [0.15, 0.2) is 0 Å². The molecule has 0 spiro atoms. The third-order valence-corrected chi connectivity index (χ3v) is 3.32. The van der Waals surface area contributed by atoms with Crippen molar-refractivity contribution in [1.29, 1.82) is 0 Å². The molecule has 0 aliphatic rings. The highest BCUT2D eigenvalue weighted by Gasteiger charge is 2.17. The molecule has 0 unspecified atom stereocenters. The second-order valence-electron chi connectivity index (χ2n) is 4.11. The molecule has 5 nitrogen and oxygen atoms in total. The van der Waals surface area contributed by atoms with E-state index in [1.807, 2.05) is 6.92 Å². The Balaban J connectivity index is 2.58. The minimum Gasteiger partial charge on any atom is -0.478 e. The Morgan fingerprint density at radius 3 is 2.70 bits per heavy atom. The lowest BCUT2D eigenvalue weighted by molar-refractivity contribution is 0.0697. The highest BCUT2D eigenvalue weighted by molar-refractivity contribution is 6.34. The Morgan fingerprint density at radius 1 is 1.35 bits per heavy atom. The first-order chi connectivity index (χ1) is 9.40. The number of hydrogen-bond acceptors (Lipinski definition) is 3. The summed E-state index contributed by atoms with van der Waals surface area (Å²) >= 11 is 11.8. The van der Waals surface area contributed by atoms with Crippen LogP contribution in [0.2, 0.25) is 10.0 Å². The first-order valence-corrected chi connectivity index (χ1v) is 6.33. The van der Waals surface area contributed by atoms with E-state index in [1.54, 1.807) is 18.2 Å². The first-order valence-electron chi connectivity index (χ1n) is 5.58. The molecule has 0 saturated carbocycles. The van der Waals surface area contributed by atoms with Crippen molar-refractivity contribution in [2.24, 2.45) is 0 Å². The van der Waals surface area contributed by atoms with Gasteiger partial charge in [-0.05, 0) is 24.6 Å². The lowest BCUT2D eigenvalue weighted by Gasteiger charge is -2.13. The van der Waals surface area contributed by atoms with Crippen LogP contribution in [-0.4, -0.2) is 16.1 Å². The number of aryl methyl sites for hydroxylation is 1. The van der Waals surface area contributed by atoms with E-state index in [2.05, 4.69) is 10.3 Å². The van der Waals surface area contributed by atoms with Crippen LogP contribution in [0.1, 0.15) is 15.9 Å². The Bertz CT molecular complexity index is 741. The number of carboxylic acid groups (broad SMARTS) is 1. The quantitative estimate of drug-likeness (QED) is 0.811. The number of H-pyrrole nitrogens is 1. The highest BCUT2D eigenvalue weighted by atomic mass is 35.5. The maximum Gasteiger partial charge on any atom is 0.339 e. The van der Waals surface area contributed by atoms with Gasteiger partial charge in [-0.2, -0.15) is 0 Å². The highest BCUT2D eigenvalue weighted by Crippen LogP contribution is 2.29. The molecule has 0 aliphatic heterocycles. The van der Waals surface area contributed by atoms with Crippen molar-refractivity contribution >= 4 is 40.5 Å². The molecular formula is C13H10Cl2N2O3. The molecule has 0 radical (unpaired) electrons. The van der Waals surface area contributed by atoms with Gasteiger partial charge in [0.25, 0.3) is 5.56 Å². The first kappa shape index (κ1) is 14.4. The Hall–Kier alpha value is -1.98. The molecule has 0 saturated heterocycles. The van der Waals surface area contributed by atoms with E-state index in [1.165, 1.54) is 0 Å². The molecule has 1 heterocycles. The normalized spacial score (nSPS) is 10.3. The lowest BCUT2D eigenvalue weighted by Crippen LogP contribution is -2.14. The second-order valence-corrected chi connectivity index (χ2v) is 4.92. The van der Waals surface area contributed by atoms with Gasteiger partial charge in [-0.25, -0.2) is 4.79 Å². The Labute approximate surface area is 124 Å². The number of rotatable bonds is 3. The lowest BCUT2D eigenvalue weighted by atomic mass is 10.1. The number of pyridine rings is 1. The fourth-order valence-electron chi connectivity index (χ4n) is 1.66. The number of carboxylic acids is 1. The van der Waals surface area contributed by atoms with Gasteiger partial charge in [0.1, 0.15) is 10.6 Å². The number of benzene rings is 1. The van der Waals surface area contributed by atoms with Gasteiger partial charge in [0, 0.05) is 16.9 Å². The predicted octanol–water partition coefficient (Wildman–Crippen LogP) is 3.43. The summed E-state index contributed by atoms with van der Waals surface area (Å²) in [4.78, 5) is 25.0. The van der Waals surface area contributed by atoms with Crippen LogP contribution in [0.25, 0.3) is 0 Å². The van der Waals surface area contributed by atoms with Gasteiger partial charge in [0.05, 0.1) is 5.69 Å². The molecule has 0 atom stereocenters. The molecule has 0 aliphatic carbocycles. The molecule has 104 valence electrons. The van der Waals surface area contributed by atoms with Gasteiger partial charge in [-0.15, -0.1) is 0 Å². The summed E-state index contributed by atoms with van der Waals surface area (Å²) < 4.78 is 0. The molecule has 1 aromatic heterocycles. The molecule has 20 heavy (non-hydrogen) atoms. The van der Waals surface area contributed by atoms with Crippen molar-refractivity contribution in [3.63, 3.8) is 0 Å². The smallest absolute Gasteiger partial charge is 0.339 e. The maximum absolute atomic E-state index is 11.5. The molecule has 2 aromatic rings. The summed E-state index contributed by atoms with van der Waals surface area (Å²) in [5.74, 6) is -1.20. The van der Waals surface area contributed by atoms with Crippen molar-refractivity contribution in [3.8, 4) is 0 Å². The summed E-state index contributed by atoms with van der Waals surface area (Å²) in [5.41, 5.74) is 0.746. The minimum atomic E-state index is -1.20. The molecule has 0 bridgehead atoms. The monoisotopic (exact) mass is 312 g/mol. The number of carbonyl (C=O) groups is 1.